The van der Waals surface area contributed by atoms with Crippen LogP contribution >= 0.6 is 0 Å². The molecule has 5 fully saturated rings. The molecule has 3 aromatic carbocycles. The van der Waals surface area contributed by atoms with Gasteiger partial charge in [0.25, 0.3) is 11.8 Å². The second-order valence-corrected chi connectivity index (χ2v) is 17.3. The summed E-state index contributed by atoms with van der Waals surface area (Å²) in [6.45, 7) is 5.56. The van der Waals surface area contributed by atoms with E-state index >= 15 is 0 Å². The molecule has 4 heterocycles. The molecule has 0 unspecified atom stereocenters. The maximum absolute atomic E-state index is 14.0. The first-order valence-electron chi connectivity index (χ1n) is 19.7. The molecule has 0 aromatic heterocycles. The fourth-order valence-corrected chi connectivity index (χ4v) is 10.5. The normalized spacial score (nSPS) is 28.0. The summed E-state index contributed by atoms with van der Waals surface area (Å²) in [6, 6.07) is 14.3. The van der Waals surface area contributed by atoms with Crippen molar-refractivity contribution in [2.45, 2.75) is 69.8 Å². The number of benzene rings is 3. The molecular weight excluding hydrogens is 729 g/mol. The molecule has 1 saturated heterocycles. The van der Waals surface area contributed by atoms with E-state index in [2.05, 4.69) is 18.7 Å². The van der Waals surface area contributed by atoms with Crippen molar-refractivity contribution in [2.24, 2.45) is 21.2 Å². The van der Waals surface area contributed by atoms with Gasteiger partial charge < -0.3 is 38.6 Å². The van der Waals surface area contributed by atoms with E-state index in [1.54, 1.807) is 30.2 Å². The van der Waals surface area contributed by atoms with Crippen LogP contribution in [-0.2, 0) is 17.7 Å². The van der Waals surface area contributed by atoms with Gasteiger partial charge in [-0.05, 0) is 73.6 Å². The first-order chi connectivity index (χ1) is 27.6. The van der Waals surface area contributed by atoms with E-state index in [4.69, 9.17) is 28.7 Å². The number of aliphatic hydroxyl groups is 1. The molecule has 296 valence electrons. The van der Waals surface area contributed by atoms with Crippen molar-refractivity contribution in [1.29, 1.82) is 0 Å². The average molecular weight is 775 g/mol. The summed E-state index contributed by atoms with van der Waals surface area (Å²) >= 11 is 0. The minimum Gasteiger partial charge on any atom is -0.493 e. The molecular formula is C44H46N4O9. The Bertz CT molecular complexity index is 2230. The third kappa shape index (κ3) is 5.75. The Morgan fingerprint density at radius 1 is 0.895 bits per heavy atom. The van der Waals surface area contributed by atoms with E-state index in [9.17, 15) is 19.5 Å². The molecule has 13 heteroatoms. The van der Waals surface area contributed by atoms with Crippen LogP contribution in [0, 0.1) is 16.2 Å². The van der Waals surface area contributed by atoms with E-state index in [0.29, 0.717) is 67.0 Å². The van der Waals surface area contributed by atoms with Crippen LogP contribution in [0.2, 0.25) is 0 Å². The quantitative estimate of drug-likeness (QED) is 0.243. The molecule has 1 spiro atoms. The third-order valence-electron chi connectivity index (χ3n) is 13.4. The maximum Gasteiger partial charge on any atom is 0.416 e. The molecule has 3 amide bonds. The number of amides is 3. The lowest BCUT2D eigenvalue weighted by Crippen LogP contribution is -2.66. The zero-order valence-corrected chi connectivity index (χ0v) is 32.2. The van der Waals surface area contributed by atoms with E-state index in [1.165, 1.54) is 23.6 Å². The molecule has 4 aliphatic heterocycles. The molecule has 4 aliphatic carbocycles. The lowest BCUT2D eigenvalue weighted by atomic mass is 9.35. The summed E-state index contributed by atoms with van der Waals surface area (Å²) in [7, 11) is 3.10. The van der Waals surface area contributed by atoms with Crippen LogP contribution < -0.4 is 23.8 Å². The summed E-state index contributed by atoms with van der Waals surface area (Å²) in [5.41, 5.74) is 3.85. The van der Waals surface area contributed by atoms with Crippen molar-refractivity contribution in [1.82, 2.24) is 9.80 Å². The number of hydrogen-bond acceptors (Lipinski definition) is 10. The average Bonchev–Trinajstić information content (AvgIpc) is 3.88. The van der Waals surface area contributed by atoms with Gasteiger partial charge in [0.2, 0.25) is 0 Å². The number of carbonyl (C=O) groups excluding carboxylic acids is 3. The fraction of sp³-hybridized carbons (Fsp3) is 0.455. The number of methoxy groups -OCH3 is 2. The highest BCUT2D eigenvalue weighted by atomic mass is 16.6. The zero-order valence-electron chi connectivity index (χ0n) is 32.2. The number of rotatable bonds is 10. The monoisotopic (exact) mass is 774 g/mol. The van der Waals surface area contributed by atoms with Crippen LogP contribution in [0.25, 0.3) is 0 Å². The van der Waals surface area contributed by atoms with Gasteiger partial charge in [-0.25, -0.2) is 9.69 Å². The van der Waals surface area contributed by atoms with Crippen LogP contribution in [0.3, 0.4) is 0 Å². The lowest BCUT2D eigenvalue weighted by Gasteiger charge is -2.70. The standard InChI is InChI=1S/C44H46N4O9/c1-4-11-55-41(52)48-32-16-37(35(54-3)14-30(32)39(50)47-23-42(9-10-42)17-33(47)40(48)51)57-25-44-20-43(21-44,22-44)24-56-36-15-31-29(13-34(36)53-2)38(49)46-19-27-8-6-5-7-26(27)12-28(46)18-45-31/h4-8,13-16,18,28,33,40,51H,1,9-12,17,19-25H2,2-3H3/t28-,33-,40-,43?,44?/m0/s1. The number of anilines is 1. The van der Waals surface area contributed by atoms with Crippen molar-refractivity contribution in [3.63, 3.8) is 0 Å². The predicted octanol–water partition coefficient (Wildman–Crippen LogP) is 6.07. The van der Waals surface area contributed by atoms with Crippen molar-refractivity contribution >= 4 is 35.5 Å². The van der Waals surface area contributed by atoms with E-state index < -0.39 is 18.4 Å². The van der Waals surface area contributed by atoms with Crippen LogP contribution in [0.5, 0.6) is 23.0 Å². The van der Waals surface area contributed by atoms with Gasteiger partial charge in [-0.2, -0.15) is 0 Å². The Morgan fingerprint density at radius 3 is 2.21 bits per heavy atom. The molecule has 4 saturated carbocycles. The predicted molar refractivity (Wildman–Crippen MR) is 209 cm³/mol. The van der Waals surface area contributed by atoms with Gasteiger partial charge in [-0.15, -0.1) is 0 Å². The van der Waals surface area contributed by atoms with Gasteiger partial charge in [0, 0.05) is 42.3 Å². The highest BCUT2D eigenvalue weighted by Gasteiger charge is 2.68. The Hall–Kier alpha value is -5.56. The largest absolute Gasteiger partial charge is 0.493 e. The number of carbonyl (C=O) groups is 3. The molecule has 57 heavy (non-hydrogen) atoms. The number of aliphatic hydroxyl groups excluding tert-OH is 1. The topological polar surface area (TPSA) is 140 Å². The summed E-state index contributed by atoms with van der Waals surface area (Å²) in [5.74, 6) is 1.46. The molecule has 0 radical (unpaired) electrons. The van der Waals surface area contributed by atoms with E-state index in [0.717, 1.165) is 44.1 Å². The smallest absolute Gasteiger partial charge is 0.416 e. The van der Waals surface area contributed by atoms with Crippen molar-refractivity contribution in [3.05, 3.63) is 83.4 Å². The zero-order chi connectivity index (χ0) is 39.3. The lowest BCUT2D eigenvalue weighted by molar-refractivity contribution is -0.232. The number of ether oxygens (including phenoxy) is 5. The van der Waals surface area contributed by atoms with Gasteiger partial charge >= 0.3 is 6.09 Å². The molecule has 3 atom stereocenters. The van der Waals surface area contributed by atoms with Crippen LogP contribution in [0.1, 0.15) is 70.4 Å². The van der Waals surface area contributed by atoms with E-state index in [1.807, 2.05) is 29.3 Å². The summed E-state index contributed by atoms with van der Waals surface area (Å²) in [6.07, 6.45) is 7.28. The van der Waals surface area contributed by atoms with Gasteiger partial charge in [0.1, 0.15) is 6.61 Å². The van der Waals surface area contributed by atoms with Gasteiger partial charge in [0.15, 0.2) is 29.2 Å². The maximum atomic E-state index is 14.0. The third-order valence-corrected chi connectivity index (χ3v) is 13.4. The number of aliphatic imine (C=N–C) groups is 1. The number of nitrogens with zero attached hydrogens (tertiary/aromatic N) is 4. The first kappa shape index (κ1) is 35.8. The first-order valence-corrected chi connectivity index (χ1v) is 19.7. The number of hydrogen-bond donors (Lipinski definition) is 1. The Kier molecular flexibility index (Phi) is 8.16. The minimum absolute atomic E-state index is 0.000335. The van der Waals surface area contributed by atoms with E-state index in [-0.39, 0.29) is 52.0 Å². The summed E-state index contributed by atoms with van der Waals surface area (Å²) in [4.78, 5) is 50.9. The molecule has 13 nitrogen and oxygen atoms in total. The summed E-state index contributed by atoms with van der Waals surface area (Å²) < 4.78 is 29.8. The fourth-order valence-electron chi connectivity index (χ4n) is 10.5. The van der Waals surface area contributed by atoms with Crippen LogP contribution in [-0.4, -0.2) is 97.9 Å². The second kappa shape index (κ2) is 13.0. The number of fused-ring (bicyclic) bond motifs is 5. The van der Waals surface area contributed by atoms with Gasteiger partial charge in [-0.1, -0.05) is 36.9 Å². The summed E-state index contributed by atoms with van der Waals surface area (Å²) in [5, 5.41) is 11.7. The Balaban J connectivity index is 0.829. The van der Waals surface area contributed by atoms with Crippen molar-refractivity contribution in [2.75, 3.05) is 45.5 Å². The SMILES string of the molecule is C=CCOC(=O)N1c2cc(OCC34CC(COc5cc6c(cc5OC)C(=O)N5Cc7ccccc7C[C@H]5C=N6)(C3)C4)c(OC)cc2C(=O)N2CC3(CC3)C[C@H]2[C@@H]1O. The van der Waals surface area contributed by atoms with Gasteiger partial charge in [0.05, 0.1) is 62.0 Å². The molecule has 2 bridgehead atoms. The molecule has 1 N–H and O–H groups in total. The van der Waals surface area contributed by atoms with Crippen molar-refractivity contribution in [3.8, 4) is 23.0 Å². The van der Waals surface area contributed by atoms with Gasteiger partial charge in [-0.3, -0.25) is 14.6 Å². The molecule has 11 rings (SSSR count). The minimum atomic E-state index is -1.29. The Morgan fingerprint density at radius 2 is 1.54 bits per heavy atom. The van der Waals surface area contributed by atoms with Crippen LogP contribution in [0.4, 0.5) is 16.2 Å². The highest BCUT2D eigenvalue weighted by molar-refractivity contribution is 6.06. The van der Waals surface area contributed by atoms with Crippen LogP contribution in [0.15, 0.2) is 66.2 Å². The molecule has 8 aliphatic rings. The molecule has 3 aromatic rings. The Labute approximate surface area is 330 Å². The highest BCUT2D eigenvalue weighted by Crippen LogP contribution is 2.73. The van der Waals surface area contributed by atoms with Crippen molar-refractivity contribution < 1.29 is 43.2 Å². The second-order valence-electron chi connectivity index (χ2n) is 17.3.